The van der Waals surface area contributed by atoms with Gasteiger partial charge in [0.05, 0.1) is 13.2 Å². The number of methoxy groups -OCH3 is 1. The first kappa shape index (κ1) is 16.5. The van der Waals surface area contributed by atoms with Crippen LogP contribution in [0.25, 0.3) is 0 Å². The highest BCUT2D eigenvalue weighted by Crippen LogP contribution is 2.14. The van der Waals surface area contributed by atoms with Crippen molar-refractivity contribution in [1.29, 1.82) is 0 Å². The van der Waals surface area contributed by atoms with E-state index in [1.165, 1.54) is 5.56 Å². The molecule has 0 aliphatic rings. The van der Waals surface area contributed by atoms with E-state index in [1.807, 2.05) is 42.5 Å². The standard InChI is InChI=1S/C19H25NO2/c1-15(8-9-16-10-12-18(22-2)13-11-16)20-14-19(21)17-6-4-3-5-7-17/h3-7,10-13,15,19-21H,8-9,14H2,1-2H3. The lowest BCUT2D eigenvalue weighted by Crippen LogP contribution is -2.30. The van der Waals surface area contributed by atoms with Crippen molar-refractivity contribution in [3.63, 3.8) is 0 Å². The minimum absolute atomic E-state index is 0.362. The fraction of sp³-hybridized carbons (Fsp3) is 0.368. The quantitative estimate of drug-likeness (QED) is 0.785. The molecule has 0 heterocycles. The predicted octanol–water partition coefficient (Wildman–Crippen LogP) is 3.34. The normalized spacial score (nSPS) is 13.6. The Hall–Kier alpha value is -1.84. The molecule has 2 unspecified atom stereocenters. The van der Waals surface area contributed by atoms with Gasteiger partial charge in [-0.1, -0.05) is 42.5 Å². The van der Waals surface area contributed by atoms with Crippen LogP contribution in [0.3, 0.4) is 0 Å². The second-order valence-corrected chi connectivity index (χ2v) is 5.62. The van der Waals surface area contributed by atoms with Gasteiger partial charge in [-0.05, 0) is 43.0 Å². The first-order chi connectivity index (χ1) is 10.7. The Balaban J connectivity index is 1.72. The van der Waals surface area contributed by atoms with Crippen molar-refractivity contribution in [1.82, 2.24) is 5.32 Å². The third-order valence-electron chi connectivity index (χ3n) is 3.87. The molecule has 0 saturated carbocycles. The summed E-state index contributed by atoms with van der Waals surface area (Å²) in [6.45, 7) is 2.73. The van der Waals surface area contributed by atoms with Crippen LogP contribution in [-0.2, 0) is 6.42 Å². The zero-order valence-corrected chi connectivity index (χ0v) is 13.3. The number of aryl methyl sites for hydroxylation is 1. The number of rotatable bonds is 8. The molecule has 2 rings (SSSR count). The number of ether oxygens (including phenoxy) is 1. The monoisotopic (exact) mass is 299 g/mol. The Labute approximate surface area is 133 Å². The van der Waals surface area contributed by atoms with Gasteiger partial charge in [0, 0.05) is 12.6 Å². The molecule has 2 aromatic carbocycles. The van der Waals surface area contributed by atoms with Crippen molar-refractivity contribution < 1.29 is 9.84 Å². The van der Waals surface area contributed by atoms with E-state index in [9.17, 15) is 5.11 Å². The summed E-state index contributed by atoms with van der Waals surface area (Å²) in [5, 5.41) is 13.5. The average molecular weight is 299 g/mol. The van der Waals surface area contributed by atoms with Gasteiger partial charge in [-0.3, -0.25) is 0 Å². The smallest absolute Gasteiger partial charge is 0.118 e. The molecule has 0 saturated heterocycles. The van der Waals surface area contributed by atoms with Crippen molar-refractivity contribution in [2.24, 2.45) is 0 Å². The summed E-state index contributed by atoms with van der Waals surface area (Å²) in [4.78, 5) is 0. The Kier molecular flexibility index (Phi) is 6.44. The molecule has 2 aromatic rings. The molecular formula is C19H25NO2. The third-order valence-corrected chi connectivity index (χ3v) is 3.87. The van der Waals surface area contributed by atoms with E-state index < -0.39 is 6.10 Å². The molecule has 0 aliphatic heterocycles. The number of benzene rings is 2. The van der Waals surface area contributed by atoms with Crippen LogP contribution in [0.4, 0.5) is 0 Å². The summed E-state index contributed by atoms with van der Waals surface area (Å²) < 4.78 is 5.16. The molecule has 3 nitrogen and oxygen atoms in total. The van der Waals surface area contributed by atoms with Crippen LogP contribution in [0.5, 0.6) is 5.75 Å². The summed E-state index contributed by atoms with van der Waals surface area (Å²) in [5.74, 6) is 0.890. The van der Waals surface area contributed by atoms with Gasteiger partial charge in [0.1, 0.15) is 5.75 Å². The van der Waals surface area contributed by atoms with E-state index in [0.717, 1.165) is 24.2 Å². The molecule has 2 atom stereocenters. The van der Waals surface area contributed by atoms with Crippen LogP contribution in [-0.4, -0.2) is 24.8 Å². The maximum absolute atomic E-state index is 10.1. The van der Waals surface area contributed by atoms with E-state index in [1.54, 1.807) is 7.11 Å². The molecule has 0 aliphatic carbocycles. The van der Waals surface area contributed by atoms with E-state index in [4.69, 9.17) is 4.74 Å². The molecule has 2 N–H and O–H groups in total. The number of aliphatic hydroxyl groups is 1. The van der Waals surface area contributed by atoms with Crippen molar-refractivity contribution in [3.05, 3.63) is 65.7 Å². The molecule has 0 aromatic heterocycles. The van der Waals surface area contributed by atoms with Crippen LogP contribution in [0.15, 0.2) is 54.6 Å². The predicted molar refractivity (Wildman–Crippen MR) is 90.2 cm³/mol. The molecule has 0 radical (unpaired) electrons. The highest BCUT2D eigenvalue weighted by Gasteiger charge is 2.09. The number of hydrogen-bond donors (Lipinski definition) is 2. The van der Waals surface area contributed by atoms with Crippen LogP contribution in [0, 0.1) is 0 Å². The second kappa shape index (κ2) is 8.57. The lowest BCUT2D eigenvalue weighted by Gasteiger charge is -2.17. The number of aliphatic hydroxyl groups excluding tert-OH is 1. The Morgan fingerprint density at radius 3 is 2.36 bits per heavy atom. The molecule has 118 valence electrons. The van der Waals surface area contributed by atoms with Crippen LogP contribution in [0.2, 0.25) is 0 Å². The lowest BCUT2D eigenvalue weighted by molar-refractivity contribution is 0.170. The molecule has 0 amide bonds. The van der Waals surface area contributed by atoms with Gasteiger partial charge < -0.3 is 15.2 Å². The van der Waals surface area contributed by atoms with E-state index >= 15 is 0 Å². The minimum atomic E-state index is -0.454. The van der Waals surface area contributed by atoms with Crippen LogP contribution in [0.1, 0.15) is 30.6 Å². The lowest BCUT2D eigenvalue weighted by atomic mass is 10.1. The molecule has 0 bridgehead atoms. The largest absolute Gasteiger partial charge is 0.497 e. The summed E-state index contributed by atoms with van der Waals surface area (Å²) in [5.41, 5.74) is 2.26. The summed E-state index contributed by atoms with van der Waals surface area (Å²) in [6.07, 6.45) is 1.59. The van der Waals surface area contributed by atoms with Crippen molar-refractivity contribution >= 4 is 0 Å². The highest BCUT2D eigenvalue weighted by atomic mass is 16.5. The number of hydrogen-bond acceptors (Lipinski definition) is 3. The van der Waals surface area contributed by atoms with Crippen LogP contribution < -0.4 is 10.1 Å². The van der Waals surface area contributed by atoms with Crippen molar-refractivity contribution in [2.45, 2.75) is 31.9 Å². The van der Waals surface area contributed by atoms with Gasteiger partial charge in [0.2, 0.25) is 0 Å². The van der Waals surface area contributed by atoms with Gasteiger partial charge >= 0.3 is 0 Å². The summed E-state index contributed by atoms with van der Waals surface area (Å²) in [7, 11) is 1.68. The molecule has 0 spiro atoms. The molecule has 22 heavy (non-hydrogen) atoms. The molecule has 0 fully saturated rings. The van der Waals surface area contributed by atoms with E-state index in [2.05, 4.69) is 24.4 Å². The van der Waals surface area contributed by atoms with E-state index in [-0.39, 0.29) is 0 Å². The van der Waals surface area contributed by atoms with Gasteiger partial charge in [0.25, 0.3) is 0 Å². The van der Waals surface area contributed by atoms with Crippen LogP contribution >= 0.6 is 0 Å². The third kappa shape index (κ3) is 5.17. The number of nitrogens with one attached hydrogen (secondary N) is 1. The van der Waals surface area contributed by atoms with E-state index in [0.29, 0.717) is 12.6 Å². The zero-order valence-electron chi connectivity index (χ0n) is 13.3. The first-order valence-corrected chi connectivity index (χ1v) is 7.78. The molecule has 3 heteroatoms. The van der Waals surface area contributed by atoms with Gasteiger partial charge in [-0.15, -0.1) is 0 Å². The van der Waals surface area contributed by atoms with Gasteiger partial charge in [-0.2, -0.15) is 0 Å². The Morgan fingerprint density at radius 1 is 1.05 bits per heavy atom. The SMILES string of the molecule is COc1ccc(CCC(C)NCC(O)c2ccccc2)cc1. The molecular weight excluding hydrogens is 274 g/mol. The van der Waals surface area contributed by atoms with Crippen molar-refractivity contribution in [2.75, 3.05) is 13.7 Å². The average Bonchev–Trinajstić information content (AvgIpc) is 2.59. The topological polar surface area (TPSA) is 41.5 Å². The maximum atomic E-state index is 10.1. The highest BCUT2D eigenvalue weighted by molar-refractivity contribution is 5.27. The fourth-order valence-corrected chi connectivity index (χ4v) is 2.38. The Morgan fingerprint density at radius 2 is 1.73 bits per heavy atom. The second-order valence-electron chi connectivity index (χ2n) is 5.62. The summed E-state index contributed by atoms with van der Waals surface area (Å²) in [6, 6.07) is 18.3. The summed E-state index contributed by atoms with van der Waals surface area (Å²) >= 11 is 0. The Bertz CT molecular complexity index is 539. The fourth-order valence-electron chi connectivity index (χ4n) is 2.38. The van der Waals surface area contributed by atoms with Crippen molar-refractivity contribution in [3.8, 4) is 5.75 Å². The maximum Gasteiger partial charge on any atom is 0.118 e. The zero-order chi connectivity index (χ0) is 15.8. The van der Waals surface area contributed by atoms with Gasteiger partial charge in [0.15, 0.2) is 0 Å². The van der Waals surface area contributed by atoms with Gasteiger partial charge in [-0.25, -0.2) is 0 Å². The minimum Gasteiger partial charge on any atom is -0.497 e. The first-order valence-electron chi connectivity index (χ1n) is 7.78.